The molecule has 22 heavy (non-hydrogen) atoms. The number of nitrogens with one attached hydrogen (secondary N) is 1. The average molecular weight is 366 g/mol. The molecule has 1 heterocycles. The Morgan fingerprint density at radius 3 is 2.55 bits per heavy atom. The van der Waals surface area contributed by atoms with Crippen molar-refractivity contribution in [2.24, 2.45) is 0 Å². The van der Waals surface area contributed by atoms with Gasteiger partial charge in [-0.2, -0.15) is 5.10 Å². The summed E-state index contributed by atoms with van der Waals surface area (Å²) in [5.74, 6) is -1.51. The maximum atomic E-state index is 12.2. The van der Waals surface area contributed by atoms with E-state index in [4.69, 9.17) is 5.11 Å². The van der Waals surface area contributed by atoms with Gasteiger partial charge in [0.2, 0.25) is 0 Å². The molecule has 0 saturated carbocycles. The molecule has 2 N–H and O–H groups in total. The Kier molecular flexibility index (Phi) is 4.97. The van der Waals surface area contributed by atoms with Gasteiger partial charge in [-0.05, 0) is 37.6 Å². The van der Waals surface area contributed by atoms with Crippen molar-refractivity contribution in [3.05, 3.63) is 46.2 Å². The van der Waals surface area contributed by atoms with Crippen LogP contribution >= 0.6 is 15.9 Å². The molecule has 7 heteroatoms. The lowest BCUT2D eigenvalue weighted by Crippen LogP contribution is -2.38. The Morgan fingerprint density at radius 1 is 1.36 bits per heavy atom. The fraction of sp³-hybridized carbons (Fsp3) is 0.267. The van der Waals surface area contributed by atoms with Gasteiger partial charge in [0.1, 0.15) is 6.04 Å². The Balaban J connectivity index is 2.33. The molecule has 2 aromatic rings. The second kappa shape index (κ2) is 6.74. The van der Waals surface area contributed by atoms with Gasteiger partial charge < -0.3 is 10.4 Å². The summed E-state index contributed by atoms with van der Waals surface area (Å²) in [4.78, 5) is 23.0. The smallest absolute Gasteiger partial charge is 0.325 e. The number of carboxylic acid groups (broad SMARTS) is 1. The van der Waals surface area contributed by atoms with Crippen molar-refractivity contribution in [2.75, 3.05) is 0 Å². The zero-order valence-electron chi connectivity index (χ0n) is 12.2. The Labute approximate surface area is 136 Å². The number of nitrogens with zero attached hydrogens (tertiary/aromatic N) is 2. The monoisotopic (exact) mass is 365 g/mol. The quantitative estimate of drug-likeness (QED) is 0.851. The first-order valence-corrected chi connectivity index (χ1v) is 7.59. The number of carbonyl (C=O) groups is 2. The lowest BCUT2D eigenvalue weighted by molar-refractivity contribution is -0.138. The number of rotatable bonds is 5. The summed E-state index contributed by atoms with van der Waals surface area (Å²) in [7, 11) is 0. The van der Waals surface area contributed by atoms with Crippen molar-refractivity contribution in [2.45, 2.75) is 26.3 Å². The topological polar surface area (TPSA) is 84.2 Å². The summed E-state index contributed by atoms with van der Waals surface area (Å²) in [6, 6.07) is 6.61. The van der Waals surface area contributed by atoms with Crippen LogP contribution < -0.4 is 5.32 Å². The summed E-state index contributed by atoms with van der Waals surface area (Å²) in [5.41, 5.74) is 1.96. The van der Waals surface area contributed by atoms with Crippen molar-refractivity contribution >= 4 is 27.8 Å². The summed E-state index contributed by atoms with van der Waals surface area (Å²) < 4.78 is 2.64. The van der Waals surface area contributed by atoms with E-state index in [1.165, 1.54) is 13.1 Å². The molecule has 0 spiro atoms. The van der Waals surface area contributed by atoms with Gasteiger partial charge in [0.25, 0.3) is 5.91 Å². The Hall–Kier alpha value is -2.15. The lowest BCUT2D eigenvalue weighted by Gasteiger charge is -2.10. The van der Waals surface area contributed by atoms with Gasteiger partial charge >= 0.3 is 5.97 Å². The van der Waals surface area contributed by atoms with Gasteiger partial charge in [-0.1, -0.05) is 22.9 Å². The van der Waals surface area contributed by atoms with E-state index < -0.39 is 17.9 Å². The SMILES string of the molecule is CCc1c(C(=O)NC(C)C(=O)O)cnn1-c1ccc(Br)cc1. The maximum Gasteiger partial charge on any atom is 0.325 e. The van der Waals surface area contributed by atoms with E-state index in [-0.39, 0.29) is 0 Å². The minimum absolute atomic E-state index is 0.388. The number of aromatic nitrogens is 2. The number of hydrogen-bond donors (Lipinski definition) is 2. The van der Waals surface area contributed by atoms with E-state index in [0.717, 1.165) is 15.9 Å². The van der Waals surface area contributed by atoms with E-state index >= 15 is 0 Å². The van der Waals surface area contributed by atoms with E-state index in [2.05, 4.69) is 26.3 Å². The fourth-order valence-electron chi connectivity index (χ4n) is 2.04. The number of hydrogen-bond acceptors (Lipinski definition) is 3. The third kappa shape index (κ3) is 3.36. The number of amides is 1. The summed E-state index contributed by atoms with van der Waals surface area (Å²) >= 11 is 3.37. The van der Waals surface area contributed by atoms with E-state index in [9.17, 15) is 9.59 Å². The highest BCUT2D eigenvalue weighted by Crippen LogP contribution is 2.18. The molecule has 1 amide bonds. The largest absolute Gasteiger partial charge is 0.480 e. The van der Waals surface area contributed by atoms with Crippen molar-refractivity contribution in [3.8, 4) is 5.69 Å². The van der Waals surface area contributed by atoms with Crippen LogP contribution in [0.3, 0.4) is 0 Å². The number of carbonyl (C=O) groups excluding carboxylic acids is 1. The van der Waals surface area contributed by atoms with Gasteiger partial charge in [0.15, 0.2) is 0 Å². The Bertz CT molecular complexity index is 695. The first-order valence-electron chi connectivity index (χ1n) is 6.80. The van der Waals surface area contributed by atoms with Crippen molar-refractivity contribution < 1.29 is 14.7 Å². The van der Waals surface area contributed by atoms with Crippen LogP contribution in [0.25, 0.3) is 5.69 Å². The molecular formula is C15H16BrN3O3. The van der Waals surface area contributed by atoms with Gasteiger partial charge in [-0.3, -0.25) is 9.59 Å². The predicted molar refractivity (Wildman–Crippen MR) is 85.2 cm³/mol. The zero-order valence-corrected chi connectivity index (χ0v) is 13.8. The van der Waals surface area contributed by atoms with E-state index in [0.29, 0.717) is 12.0 Å². The fourth-order valence-corrected chi connectivity index (χ4v) is 2.31. The molecule has 0 fully saturated rings. The van der Waals surface area contributed by atoms with E-state index in [1.54, 1.807) is 4.68 Å². The normalized spacial score (nSPS) is 12.0. The van der Waals surface area contributed by atoms with Crippen molar-refractivity contribution in [1.29, 1.82) is 0 Å². The molecule has 6 nitrogen and oxygen atoms in total. The second-order valence-corrected chi connectivity index (χ2v) is 5.70. The number of benzene rings is 1. The summed E-state index contributed by atoms with van der Waals surface area (Å²) in [6.07, 6.45) is 2.06. The van der Waals surface area contributed by atoms with Crippen LogP contribution in [-0.4, -0.2) is 32.8 Å². The number of carboxylic acids is 1. The van der Waals surface area contributed by atoms with Gasteiger partial charge in [0.05, 0.1) is 23.1 Å². The molecule has 0 aliphatic carbocycles. The van der Waals surface area contributed by atoms with E-state index in [1.807, 2.05) is 31.2 Å². The van der Waals surface area contributed by atoms with Gasteiger partial charge in [0, 0.05) is 4.47 Å². The van der Waals surface area contributed by atoms with Crippen LogP contribution in [0.15, 0.2) is 34.9 Å². The molecular weight excluding hydrogens is 350 g/mol. The first-order chi connectivity index (χ1) is 10.4. The Morgan fingerprint density at radius 2 is 2.00 bits per heavy atom. The van der Waals surface area contributed by atoms with Crippen LogP contribution in [0.4, 0.5) is 0 Å². The van der Waals surface area contributed by atoms with Crippen LogP contribution in [0, 0.1) is 0 Å². The number of halogens is 1. The molecule has 1 aromatic heterocycles. The highest BCUT2D eigenvalue weighted by molar-refractivity contribution is 9.10. The van der Waals surface area contributed by atoms with Crippen LogP contribution in [0.2, 0.25) is 0 Å². The van der Waals surface area contributed by atoms with Gasteiger partial charge in [-0.25, -0.2) is 4.68 Å². The summed E-state index contributed by atoms with van der Waals surface area (Å²) in [6.45, 7) is 3.34. The zero-order chi connectivity index (χ0) is 16.3. The molecule has 116 valence electrons. The standard InChI is InChI=1S/C15H16BrN3O3/c1-3-13-12(14(20)18-9(2)15(21)22)8-17-19(13)11-6-4-10(16)5-7-11/h4-9H,3H2,1-2H3,(H,18,20)(H,21,22). The number of aliphatic carboxylic acids is 1. The predicted octanol–water partition coefficient (Wildman–Crippen LogP) is 2.40. The third-order valence-electron chi connectivity index (χ3n) is 3.24. The molecule has 1 atom stereocenters. The molecule has 1 aromatic carbocycles. The molecule has 0 aliphatic heterocycles. The second-order valence-electron chi connectivity index (χ2n) is 4.78. The van der Waals surface area contributed by atoms with Crippen LogP contribution in [0.5, 0.6) is 0 Å². The third-order valence-corrected chi connectivity index (χ3v) is 3.77. The minimum atomic E-state index is -1.08. The molecule has 0 bridgehead atoms. The first kappa shape index (κ1) is 16.2. The molecule has 0 saturated heterocycles. The van der Waals surface area contributed by atoms with Crippen LogP contribution in [0.1, 0.15) is 29.9 Å². The van der Waals surface area contributed by atoms with Crippen LogP contribution in [-0.2, 0) is 11.2 Å². The molecule has 0 radical (unpaired) electrons. The molecule has 0 aliphatic rings. The van der Waals surface area contributed by atoms with Crippen molar-refractivity contribution in [3.63, 3.8) is 0 Å². The van der Waals surface area contributed by atoms with Crippen molar-refractivity contribution in [1.82, 2.24) is 15.1 Å². The molecule has 1 unspecified atom stereocenters. The summed E-state index contributed by atoms with van der Waals surface area (Å²) in [5, 5.41) is 15.6. The highest BCUT2D eigenvalue weighted by Gasteiger charge is 2.20. The minimum Gasteiger partial charge on any atom is -0.480 e. The maximum absolute atomic E-state index is 12.2. The molecule has 2 rings (SSSR count). The average Bonchev–Trinajstić information content (AvgIpc) is 2.91. The lowest BCUT2D eigenvalue weighted by atomic mass is 10.1. The van der Waals surface area contributed by atoms with Gasteiger partial charge in [-0.15, -0.1) is 0 Å². The highest BCUT2D eigenvalue weighted by atomic mass is 79.9.